The summed E-state index contributed by atoms with van der Waals surface area (Å²) >= 11 is 0. The van der Waals surface area contributed by atoms with Gasteiger partial charge in [-0.25, -0.2) is 0 Å². The number of fused-ring (bicyclic) bond motifs is 1. The Balaban J connectivity index is 1.96. The van der Waals surface area contributed by atoms with Gasteiger partial charge in [0, 0.05) is 11.8 Å². The van der Waals surface area contributed by atoms with Gasteiger partial charge in [0.05, 0.1) is 7.11 Å². The fourth-order valence-electron chi connectivity index (χ4n) is 2.13. The first kappa shape index (κ1) is 12.4. The predicted molar refractivity (Wildman–Crippen MR) is 81.4 cm³/mol. The third-order valence-electron chi connectivity index (χ3n) is 3.14. The van der Waals surface area contributed by atoms with E-state index in [0.29, 0.717) is 17.2 Å². The Morgan fingerprint density at radius 1 is 0.800 bits per heavy atom. The highest BCUT2D eigenvalue weighted by molar-refractivity contribution is 5.83. The monoisotopic (exact) mass is 265 g/mol. The van der Waals surface area contributed by atoms with Crippen molar-refractivity contribution in [1.82, 2.24) is 0 Å². The van der Waals surface area contributed by atoms with E-state index in [4.69, 9.17) is 15.2 Å². The molecular formula is C17H15NO2. The number of rotatable bonds is 3. The van der Waals surface area contributed by atoms with Crippen LogP contribution in [0.25, 0.3) is 10.8 Å². The minimum atomic E-state index is 0.623. The summed E-state index contributed by atoms with van der Waals surface area (Å²) in [6.07, 6.45) is 0. The first-order valence-corrected chi connectivity index (χ1v) is 6.36. The van der Waals surface area contributed by atoms with Crippen molar-refractivity contribution in [2.24, 2.45) is 0 Å². The second-order valence-corrected chi connectivity index (χ2v) is 4.52. The summed E-state index contributed by atoms with van der Waals surface area (Å²) in [5.41, 5.74) is 6.38. The summed E-state index contributed by atoms with van der Waals surface area (Å²) in [5.74, 6) is 2.04. The van der Waals surface area contributed by atoms with E-state index in [1.807, 2.05) is 36.4 Å². The van der Waals surface area contributed by atoms with E-state index >= 15 is 0 Å². The van der Waals surface area contributed by atoms with Crippen LogP contribution in [0.5, 0.6) is 17.2 Å². The van der Waals surface area contributed by atoms with Gasteiger partial charge in [-0.1, -0.05) is 30.3 Å². The number of hydrogen-bond acceptors (Lipinski definition) is 3. The molecule has 0 radical (unpaired) electrons. The summed E-state index contributed by atoms with van der Waals surface area (Å²) in [4.78, 5) is 0. The van der Waals surface area contributed by atoms with Gasteiger partial charge in [0.2, 0.25) is 0 Å². The molecular weight excluding hydrogens is 250 g/mol. The number of anilines is 1. The lowest BCUT2D eigenvalue weighted by Gasteiger charge is -2.11. The van der Waals surface area contributed by atoms with Crippen molar-refractivity contribution >= 4 is 16.5 Å². The zero-order valence-corrected chi connectivity index (χ0v) is 11.2. The largest absolute Gasteiger partial charge is 0.493 e. The highest BCUT2D eigenvalue weighted by Crippen LogP contribution is 2.34. The molecule has 0 saturated heterocycles. The normalized spacial score (nSPS) is 10.4. The van der Waals surface area contributed by atoms with Gasteiger partial charge in [0.25, 0.3) is 0 Å². The Morgan fingerprint density at radius 3 is 2.40 bits per heavy atom. The summed E-state index contributed by atoms with van der Waals surface area (Å²) in [7, 11) is 1.60. The number of benzene rings is 3. The molecule has 0 aliphatic heterocycles. The van der Waals surface area contributed by atoms with Crippen LogP contribution < -0.4 is 15.2 Å². The standard InChI is InChI=1S/C17H15NO2/c1-19-17-11-14(18)7-9-16(17)20-15-8-6-12-4-2-3-5-13(12)10-15/h2-11H,18H2,1H3. The third-order valence-corrected chi connectivity index (χ3v) is 3.14. The van der Waals surface area contributed by atoms with Crippen LogP contribution in [0, 0.1) is 0 Å². The fourth-order valence-corrected chi connectivity index (χ4v) is 2.13. The van der Waals surface area contributed by atoms with Crippen LogP contribution >= 0.6 is 0 Å². The van der Waals surface area contributed by atoms with Crippen molar-refractivity contribution in [3.8, 4) is 17.2 Å². The molecule has 0 unspecified atom stereocenters. The van der Waals surface area contributed by atoms with Crippen LogP contribution in [-0.2, 0) is 0 Å². The van der Waals surface area contributed by atoms with Crippen LogP contribution in [0.3, 0.4) is 0 Å². The lowest BCUT2D eigenvalue weighted by atomic mass is 10.1. The van der Waals surface area contributed by atoms with Gasteiger partial charge in [-0.15, -0.1) is 0 Å². The van der Waals surface area contributed by atoms with E-state index in [0.717, 1.165) is 11.1 Å². The molecule has 0 amide bonds. The molecule has 3 aromatic rings. The van der Waals surface area contributed by atoms with Gasteiger partial charge < -0.3 is 15.2 Å². The van der Waals surface area contributed by atoms with Gasteiger partial charge in [-0.05, 0) is 35.0 Å². The topological polar surface area (TPSA) is 44.5 Å². The molecule has 0 saturated carbocycles. The van der Waals surface area contributed by atoms with Crippen molar-refractivity contribution in [2.45, 2.75) is 0 Å². The van der Waals surface area contributed by atoms with Crippen molar-refractivity contribution < 1.29 is 9.47 Å². The number of ether oxygens (including phenoxy) is 2. The Labute approximate surface area is 117 Å². The van der Waals surface area contributed by atoms with Gasteiger partial charge in [-0.3, -0.25) is 0 Å². The zero-order chi connectivity index (χ0) is 13.9. The molecule has 0 bridgehead atoms. The molecule has 0 aromatic heterocycles. The molecule has 3 rings (SSSR count). The van der Waals surface area contributed by atoms with Crippen molar-refractivity contribution in [3.05, 3.63) is 60.7 Å². The number of hydrogen-bond donors (Lipinski definition) is 1. The first-order valence-electron chi connectivity index (χ1n) is 6.36. The van der Waals surface area contributed by atoms with E-state index in [1.165, 1.54) is 5.39 Å². The summed E-state index contributed by atoms with van der Waals surface area (Å²) in [6.45, 7) is 0. The number of nitrogen functional groups attached to an aromatic ring is 1. The summed E-state index contributed by atoms with van der Waals surface area (Å²) in [6, 6.07) is 19.5. The third kappa shape index (κ3) is 2.38. The van der Waals surface area contributed by atoms with Gasteiger partial charge in [0.15, 0.2) is 11.5 Å². The van der Waals surface area contributed by atoms with Gasteiger partial charge in [-0.2, -0.15) is 0 Å². The molecule has 3 nitrogen and oxygen atoms in total. The summed E-state index contributed by atoms with van der Waals surface area (Å²) < 4.78 is 11.2. The van der Waals surface area contributed by atoms with Crippen LogP contribution in [0.1, 0.15) is 0 Å². The minimum absolute atomic E-state index is 0.623. The molecule has 0 aliphatic carbocycles. The Bertz CT molecular complexity index is 753. The molecule has 0 heterocycles. The number of nitrogens with two attached hydrogens (primary N) is 1. The first-order chi connectivity index (χ1) is 9.76. The molecule has 2 N–H and O–H groups in total. The predicted octanol–water partition coefficient (Wildman–Crippen LogP) is 4.22. The van der Waals surface area contributed by atoms with E-state index in [-0.39, 0.29) is 0 Å². The average Bonchev–Trinajstić information content (AvgIpc) is 2.49. The number of methoxy groups -OCH3 is 1. The molecule has 20 heavy (non-hydrogen) atoms. The highest BCUT2D eigenvalue weighted by Gasteiger charge is 2.06. The quantitative estimate of drug-likeness (QED) is 0.721. The van der Waals surface area contributed by atoms with Crippen molar-refractivity contribution in [3.63, 3.8) is 0 Å². The maximum Gasteiger partial charge on any atom is 0.169 e. The fraction of sp³-hybridized carbons (Fsp3) is 0.0588. The molecule has 0 aliphatic rings. The van der Waals surface area contributed by atoms with Crippen LogP contribution in [0.2, 0.25) is 0 Å². The Kier molecular flexibility index (Phi) is 3.17. The molecule has 100 valence electrons. The molecule has 0 atom stereocenters. The van der Waals surface area contributed by atoms with E-state index < -0.39 is 0 Å². The second-order valence-electron chi connectivity index (χ2n) is 4.52. The van der Waals surface area contributed by atoms with E-state index in [1.54, 1.807) is 19.2 Å². The highest BCUT2D eigenvalue weighted by atomic mass is 16.5. The maximum atomic E-state index is 5.88. The van der Waals surface area contributed by atoms with Crippen LogP contribution in [0.4, 0.5) is 5.69 Å². The molecule has 0 fully saturated rings. The molecule has 0 spiro atoms. The SMILES string of the molecule is COc1cc(N)ccc1Oc1ccc2ccccc2c1. The van der Waals surface area contributed by atoms with Crippen LogP contribution in [-0.4, -0.2) is 7.11 Å². The summed E-state index contributed by atoms with van der Waals surface area (Å²) in [5, 5.41) is 2.32. The lowest BCUT2D eigenvalue weighted by Crippen LogP contribution is -1.92. The smallest absolute Gasteiger partial charge is 0.169 e. The van der Waals surface area contributed by atoms with Gasteiger partial charge in [0.1, 0.15) is 5.75 Å². The van der Waals surface area contributed by atoms with Crippen molar-refractivity contribution in [2.75, 3.05) is 12.8 Å². The minimum Gasteiger partial charge on any atom is -0.493 e. The second kappa shape index (κ2) is 5.13. The Hall–Kier alpha value is -2.68. The van der Waals surface area contributed by atoms with Crippen LogP contribution in [0.15, 0.2) is 60.7 Å². The van der Waals surface area contributed by atoms with E-state index in [9.17, 15) is 0 Å². The molecule has 3 heteroatoms. The maximum absolute atomic E-state index is 5.88. The van der Waals surface area contributed by atoms with E-state index in [2.05, 4.69) is 12.1 Å². The van der Waals surface area contributed by atoms with Crippen molar-refractivity contribution in [1.29, 1.82) is 0 Å². The van der Waals surface area contributed by atoms with Gasteiger partial charge >= 0.3 is 0 Å². The lowest BCUT2D eigenvalue weighted by molar-refractivity contribution is 0.379. The Morgan fingerprint density at radius 2 is 1.60 bits per heavy atom. The molecule has 3 aromatic carbocycles. The average molecular weight is 265 g/mol. The zero-order valence-electron chi connectivity index (χ0n) is 11.2.